The summed E-state index contributed by atoms with van der Waals surface area (Å²) in [6.45, 7) is 9.59. The fraction of sp³-hybridized carbons (Fsp3) is 0.321. The average Bonchev–Trinajstić information content (AvgIpc) is 3.24. The molecule has 0 saturated carbocycles. The highest BCUT2D eigenvalue weighted by Gasteiger charge is 2.32. The first-order chi connectivity index (χ1) is 16.8. The number of nitrogens with zero attached hydrogens (tertiary/aromatic N) is 2. The van der Waals surface area contributed by atoms with Gasteiger partial charge in [0, 0.05) is 35.7 Å². The summed E-state index contributed by atoms with van der Waals surface area (Å²) in [5.74, 6) is 0.567. The maximum absolute atomic E-state index is 12.9. The minimum atomic E-state index is -0.483. The monoisotopic (exact) mass is 471 g/mol. The number of anilines is 1. The average molecular weight is 472 g/mol. The van der Waals surface area contributed by atoms with Crippen molar-refractivity contribution in [3.8, 4) is 11.5 Å². The van der Waals surface area contributed by atoms with Gasteiger partial charge in [-0.15, -0.1) is 0 Å². The van der Waals surface area contributed by atoms with Gasteiger partial charge in [0.1, 0.15) is 16.7 Å². The molecule has 2 aromatic carbocycles. The van der Waals surface area contributed by atoms with Gasteiger partial charge in [-0.2, -0.15) is 0 Å². The van der Waals surface area contributed by atoms with Crippen molar-refractivity contribution < 1.29 is 13.6 Å². The number of para-hydroxylation sites is 2. The van der Waals surface area contributed by atoms with Crippen LogP contribution in [0.3, 0.4) is 0 Å². The predicted molar refractivity (Wildman–Crippen MR) is 139 cm³/mol. The molecule has 0 atom stereocenters. The molecular weight excluding hydrogens is 442 g/mol. The Morgan fingerprint density at radius 2 is 1.89 bits per heavy atom. The minimum Gasteiger partial charge on any atom is -0.481 e. The Morgan fingerprint density at radius 1 is 1.11 bits per heavy atom. The van der Waals surface area contributed by atoms with Gasteiger partial charge < -0.3 is 18.5 Å². The molecule has 0 radical (unpaired) electrons. The van der Waals surface area contributed by atoms with E-state index >= 15 is 0 Å². The number of oxazole rings is 1. The first kappa shape index (κ1) is 22.9. The van der Waals surface area contributed by atoms with Crippen LogP contribution in [-0.4, -0.2) is 29.6 Å². The van der Waals surface area contributed by atoms with Crippen molar-refractivity contribution in [3.63, 3.8) is 0 Å². The molecule has 0 amide bonds. The van der Waals surface area contributed by atoms with Crippen LogP contribution in [0.15, 0.2) is 62.2 Å². The zero-order chi connectivity index (χ0) is 24.7. The number of hydrogen-bond acceptors (Lipinski definition) is 7. The second-order valence-corrected chi connectivity index (χ2v) is 9.43. The van der Waals surface area contributed by atoms with Crippen LogP contribution >= 0.6 is 0 Å². The topological polar surface area (TPSA) is 92.6 Å². The summed E-state index contributed by atoms with van der Waals surface area (Å²) < 4.78 is 16.9. The Morgan fingerprint density at radius 3 is 2.66 bits per heavy atom. The number of fused-ring (bicyclic) bond motifs is 3. The molecule has 1 N–H and O–H groups in total. The highest BCUT2D eigenvalue weighted by atomic mass is 16.5. The van der Waals surface area contributed by atoms with Crippen LogP contribution in [-0.2, 0) is 4.74 Å². The molecule has 0 fully saturated rings. The third-order valence-electron chi connectivity index (χ3n) is 6.46. The van der Waals surface area contributed by atoms with E-state index in [1.54, 1.807) is 6.07 Å². The molecule has 0 aliphatic carbocycles. The Balaban J connectivity index is 1.55. The molecule has 3 heterocycles. The van der Waals surface area contributed by atoms with Gasteiger partial charge in [0.25, 0.3) is 0 Å². The number of aromatic nitrogens is 1. The van der Waals surface area contributed by atoms with Gasteiger partial charge >= 0.3 is 5.63 Å². The number of rotatable bonds is 6. The van der Waals surface area contributed by atoms with E-state index in [2.05, 4.69) is 42.8 Å². The van der Waals surface area contributed by atoms with E-state index in [1.165, 1.54) is 5.57 Å². The fourth-order valence-corrected chi connectivity index (χ4v) is 4.88. The van der Waals surface area contributed by atoms with E-state index in [9.17, 15) is 4.79 Å². The van der Waals surface area contributed by atoms with E-state index < -0.39 is 5.63 Å². The second kappa shape index (κ2) is 8.73. The van der Waals surface area contributed by atoms with Crippen LogP contribution in [0.25, 0.3) is 39.1 Å². The summed E-state index contributed by atoms with van der Waals surface area (Å²) in [6.07, 6.45) is 3.62. The number of benzene rings is 2. The summed E-state index contributed by atoms with van der Waals surface area (Å²) >= 11 is 0. The summed E-state index contributed by atoms with van der Waals surface area (Å²) in [7, 11) is 0. The zero-order valence-electron chi connectivity index (χ0n) is 20.5. The Labute approximate surface area is 203 Å². The first-order valence-electron chi connectivity index (χ1n) is 11.9. The molecule has 180 valence electrons. The zero-order valence-corrected chi connectivity index (χ0v) is 20.5. The van der Waals surface area contributed by atoms with Crippen molar-refractivity contribution in [2.75, 3.05) is 18.1 Å². The summed E-state index contributed by atoms with van der Waals surface area (Å²) in [4.78, 5) is 19.7. The predicted octanol–water partition coefficient (Wildman–Crippen LogP) is 6.40. The van der Waals surface area contributed by atoms with Crippen molar-refractivity contribution in [2.24, 2.45) is 0 Å². The molecule has 7 nitrogen and oxygen atoms in total. The van der Waals surface area contributed by atoms with Crippen molar-refractivity contribution in [1.82, 2.24) is 4.98 Å². The molecule has 2 aromatic heterocycles. The van der Waals surface area contributed by atoms with E-state index in [0.717, 1.165) is 29.6 Å². The molecule has 0 spiro atoms. The van der Waals surface area contributed by atoms with Crippen molar-refractivity contribution >= 4 is 39.2 Å². The third kappa shape index (κ3) is 4.22. The maximum atomic E-state index is 12.9. The number of allylic oxidation sites excluding steroid dienone is 1. The largest absolute Gasteiger partial charge is 0.481 e. The van der Waals surface area contributed by atoms with Gasteiger partial charge in [-0.25, -0.2) is 9.78 Å². The number of hydrogen-bond donors (Lipinski definition) is 1. The lowest BCUT2D eigenvalue weighted by Crippen LogP contribution is -2.45. The summed E-state index contributed by atoms with van der Waals surface area (Å²) in [5, 5.41) is 8.74. The molecule has 5 rings (SSSR count). The molecule has 35 heavy (non-hydrogen) atoms. The fourth-order valence-electron chi connectivity index (χ4n) is 4.88. The van der Waals surface area contributed by atoms with Gasteiger partial charge in [0.2, 0.25) is 5.89 Å². The van der Waals surface area contributed by atoms with Crippen LogP contribution < -0.4 is 10.5 Å². The lowest BCUT2D eigenvalue weighted by atomic mass is 9.88. The van der Waals surface area contributed by atoms with Crippen LogP contribution in [0.1, 0.15) is 46.1 Å². The first-order valence-corrected chi connectivity index (χ1v) is 11.9. The van der Waals surface area contributed by atoms with Crippen molar-refractivity contribution in [1.29, 1.82) is 5.41 Å². The van der Waals surface area contributed by atoms with Gasteiger partial charge in [0.15, 0.2) is 11.5 Å². The van der Waals surface area contributed by atoms with Crippen molar-refractivity contribution in [3.05, 3.63) is 64.5 Å². The highest BCUT2D eigenvalue weighted by Crippen LogP contribution is 2.41. The van der Waals surface area contributed by atoms with E-state index in [-0.39, 0.29) is 11.4 Å². The highest BCUT2D eigenvalue weighted by molar-refractivity contribution is 5.93. The quantitative estimate of drug-likeness (QED) is 0.199. The summed E-state index contributed by atoms with van der Waals surface area (Å²) in [6, 6.07) is 13.2. The van der Waals surface area contributed by atoms with Gasteiger partial charge in [-0.3, -0.25) is 5.41 Å². The van der Waals surface area contributed by atoms with Crippen LogP contribution in [0.2, 0.25) is 0 Å². The molecule has 1 aliphatic heterocycles. The molecule has 0 unspecified atom stereocenters. The van der Waals surface area contributed by atoms with Crippen LogP contribution in [0.5, 0.6) is 0 Å². The Hall–Kier alpha value is -3.87. The summed E-state index contributed by atoms with van der Waals surface area (Å²) in [5.41, 5.74) is 4.71. The Bertz CT molecular complexity index is 1490. The smallest absolute Gasteiger partial charge is 0.349 e. The maximum Gasteiger partial charge on any atom is 0.349 e. The van der Waals surface area contributed by atoms with E-state index in [1.807, 2.05) is 37.3 Å². The normalized spacial score (nSPS) is 14.7. The lowest BCUT2D eigenvalue weighted by molar-refractivity contribution is 0.312. The second-order valence-electron chi connectivity index (χ2n) is 9.43. The van der Waals surface area contributed by atoms with Crippen LogP contribution in [0.4, 0.5) is 5.69 Å². The van der Waals surface area contributed by atoms with Crippen molar-refractivity contribution in [2.45, 2.75) is 46.1 Å². The Kier molecular flexibility index (Phi) is 5.71. The number of ether oxygens (including phenoxy) is 1. The lowest BCUT2D eigenvalue weighted by Gasteiger charge is -2.43. The minimum absolute atomic E-state index is 0.225. The van der Waals surface area contributed by atoms with Gasteiger partial charge in [0.05, 0.1) is 12.1 Å². The van der Waals surface area contributed by atoms with Gasteiger partial charge in [-0.1, -0.05) is 18.2 Å². The SMILES string of the molecule is CCOC(=N)CCCN1c2cc3oc(=O)c(-c4nc5ccccc5o4)cc3cc2C(C)=CC1(C)C. The van der Waals surface area contributed by atoms with Crippen LogP contribution in [0, 0.1) is 5.41 Å². The molecule has 4 aromatic rings. The molecule has 0 bridgehead atoms. The van der Waals surface area contributed by atoms with E-state index in [0.29, 0.717) is 41.2 Å². The molecule has 1 aliphatic rings. The molecule has 7 heteroatoms. The number of nitrogens with one attached hydrogen (secondary N) is 1. The standard InChI is InChI=1S/C28H29N3O4/c1-5-33-25(29)11-8-12-31-22-15-24-18(13-19(22)17(2)16-28(31,3)4)14-20(27(32)35-24)26-30-21-9-6-7-10-23(21)34-26/h6-7,9-10,13-16,29H,5,8,11-12H2,1-4H3. The molecular formula is C28H29N3O4. The molecule has 0 saturated heterocycles. The van der Waals surface area contributed by atoms with Gasteiger partial charge in [-0.05, 0) is 64.0 Å². The van der Waals surface area contributed by atoms with E-state index in [4.69, 9.17) is 19.0 Å². The third-order valence-corrected chi connectivity index (χ3v) is 6.46.